The van der Waals surface area contributed by atoms with E-state index in [4.69, 9.17) is 0 Å². The van der Waals surface area contributed by atoms with E-state index in [2.05, 4.69) is 47.1 Å². The smallest absolute Gasteiger partial charge is 0.225 e. The Labute approximate surface area is 178 Å². The molecular formula is C24H31N5O. The van der Waals surface area contributed by atoms with Gasteiger partial charge >= 0.3 is 0 Å². The second-order valence-electron chi connectivity index (χ2n) is 9.15. The van der Waals surface area contributed by atoms with Crippen LogP contribution in [0.1, 0.15) is 32.3 Å². The monoisotopic (exact) mass is 405 g/mol. The molecule has 0 spiro atoms. The summed E-state index contributed by atoms with van der Waals surface area (Å²) in [6, 6.07) is 10.3. The van der Waals surface area contributed by atoms with Gasteiger partial charge in [0.15, 0.2) is 0 Å². The first-order valence-electron chi connectivity index (χ1n) is 11.0. The zero-order valence-electron chi connectivity index (χ0n) is 18.1. The van der Waals surface area contributed by atoms with E-state index < -0.39 is 0 Å². The van der Waals surface area contributed by atoms with E-state index in [1.54, 1.807) is 6.20 Å². The van der Waals surface area contributed by atoms with Crippen molar-refractivity contribution in [1.82, 2.24) is 15.2 Å². The first kappa shape index (κ1) is 20.6. The van der Waals surface area contributed by atoms with Crippen molar-refractivity contribution in [3.8, 4) is 6.07 Å². The Morgan fingerprint density at radius 2 is 2.00 bits per heavy atom. The molecular weight excluding hydrogens is 374 g/mol. The predicted octanol–water partition coefficient (Wildman–Crippen LogP) is 3.03. The number of nitrogens with zero attached hydrogens (tertiary/aromatic N) is 4. The quantitative estimate of drug-likeness (QED) is 0.847. The molecule has 4 rings (SSSR count). The van der Waals surface area contributed by atoms with Crippen LogP contribution in [0, 0.1) is 29.1 Å². The molecule has 1 N–H and O–H groups in total. The van der Waals surface area contributed by atoms with E-state index in [0.29, 0.717) is 23.9 Å². The average molecular weight is 406 g/mol. The van der Waals surface area contributed by atoms with E-state index in [0.717, 1.165) is 49.1 Å². The van der Waals surface area contributed by atoms with Crippen LogP contribution in [-0.2, 0) is 4.79 Å². The average Bonchev–Trinajstić information content (AvgIpc) is 3.20. The fourth-order valence-electron chi connectivity index (χ4n) is 4.96. The molecule has 30 heavy (non-hydrogen) atoms. The first-order chi connectivity index (χ1) is 14.5. The molecule has 2 aliphatic rings. The third-order valence-electron chi connectivity index (χ3n) is 6.83. The molecule has 0 radical (unpaired) electrons. The van der Waals surface area contributed by atoms with Gasteiger partial charge in [-0.05, 0) is 69.1 Å². The molecule has 3 heterocycles. The molecule has 6 nitrogen and oxygen atoms in total. The molecule has 6 heteroatoms. The van der Waals surface area contributed by atoms with Crippen LogP contribution >= 0.6 is 0 Å². The van der Waals surface area contributed by atoms with Crippen molar-refractivity contribution in [2.24, 2.45) is 17.8 Å². The molecule has 1 aromatic heterocycles. The summed E-state index contributed by atoms with van der Waals surface area (Å²) in [6.07, 6.45) is 3.78. The lowest BCUT2D eigenvalue weighted by atomic mass is 9.85. The maximum atomic E-state index is 13.2. The zero-order valence-corrected chi connectivity index (χ0v) is 18.1. The Hall–Kier alpha value is -2.65. The molecule has 0 saturated carbocycles. The van der Waals surface area contributed by atoms with Gasteiger partial charge in [-0.2, -0.15) is 5.26 Å². The molecule has 1 aromatic carbocycles. The third kappa shape index (κ3) is 3.99. The number of pyridine rings is 1. The SMILES string of the molecule is CC(C)C1CN(c2ccc(C#N)c3ncccc23)CC1C(=O)NC1CCN(C)CC1. The fourth-order valence-corrected chi connectivity index (χ4v) is 4.96. The molecule has 1 amide bonds. The number of hydrogen-bond acceptors (Lipinski definition) is 5. The van der Waals surface area contributed by atoms with Gasteiger partial charge in [-0.25, -0.2) is 0 Å². The number of benzene rings is 1. The number of nitrogens with one attached hydrogen (secondary N) is 1. The molecule has 2 fully saturated rings. The Morgan fingerprint density at radius 1 is 1.23 bits per heavy atom. The van der Waals surface area contributed by atoms with Crippen molar-refractivity contribution in [3.63, 3.8) is 0 Å². The summed E-state index contributed by atoms with van der Waals surface area (Å²) in [5.41, 5.74) is 2.39. The lowest BCUT2D eigenvalue weighted by Gasteiger charge is -2.31. The summed E-state index contributed by atoms with van der Waals surface area (Å²) >= 11 is 0. The number of carbonyl (C=O) groups excluding carboxylic acids is 1. The summed E-state index contributed by atoms with van der Waals surface area (Å²) in [5.74, 6) is 0.901. The molecule has 158 valence electrons. The second-order valence-corrected chi connectivity index (χ2v) is 9.15. The number of aromatic nitrogens is 1. The van der Waals surface area contributed by atoms with Crippen LogP contribution in [0.25, 0.3) is 10.9 Å². The lowest BCUT2D eigenvalue weighted by molar-refractivity contribution is -0.127. The highest BCUT2D eigenvalue weighted by Gasteiger charge is 2.40. The summed E-state index contributed by atoms with van der Waals surface area (Å²) in [5, 5.41) is 13.8. The minimum atomic E-state index is -0.0213. The second kappa shape index (κ2) is 8.61. The number of nitriles is 1. The van der Waals surface area contributed by atoms with Gasteiger partial charge < -0.3 is 15.1 Å². The summed E-state index contributed by atoms with van der Waals surface area (Å²) in [4.78, 5) is 22.3. The third-order valence-corrected chi connectivity index (χ3v) is 6.83. The van der Waals surface area contributed by atoms with E-state index in [9.17, 15) is 10.1 Å². The Bertz CT molecular complexity index is 958. The van der Waals surface area contributed by atoms with Crippen molar-refractivity contribution >= 4 is 22.5 Å². The predicted molar refractivity (Wildman–Crippen MR) is 119 cm³/mol. The van der Waals surface area contributed by atoms with Crippen molar-refractivity contribution in [3.05, 3.63) is 36.0 Å². The summed E-state index contributed by atoms with van der Waals surface area (Å²) < 4.78 is 0. The van der Waals surface area contributed by atoms with Gasteiger partial charge in [-0.1, -0.05) is 13.8 Å². The Kier molecular flexibility index (Phi) is 5.92. The zero-order chi connectivity index (χ0) is 21.3. The molecule has 2 saturated heterocycles. The van der Waals surface area contributed by atoms with Gasteiger partial charge in [0.05, 0.1) is 17.0 Å². The fraction of sp³-hybridized carbons (Fsp3) is 0.542. The molecule has 2 unspecified atom stereocenters. The van der Waals surface area contributed by atoms with E-state index in [1.807, 2.05) is 24.3 Å². The largest absolute Gasteiger partial charge is 0.370 e. The number of hydrogen-bond donors (Lipinski definition) is 1. The van der Waals surface area contributed by atoms with Crippen molar-refractivity contribution in [1.29, 1.82) is 5.26 Å². The molecule has 2 atom stereocenters. The van der Waals surface area contributed by atoms with Crippen LogP contribution in [0.3, 0.4) is 0 Å². The Balaban J connectivity index is 1.57. The first-order valence-corrected chi connectivity index (χ1v) is 11.0. The van der Waals surface area contributed by atoms with Crippen molar-refractivity contribution < 1.29 is 4.79 Å². The number of piperidine rings is 1. The van der Waals surface area contributed by atoms with E-state index >= 15 is 0 Å². The molecule has 0 aliphatic carbocycles. The summed E-state index contributed by atoms with van der Waals surface area (Å²) in [7, 11) is 2.14. The number of likely N-dealkylation sites (tertiary alicyclic amines) is 1. The molecule has 2 aliphatic heterocycles. The number of rotatable bonds is 4. The highest BCUT2D eigenvalue weighted by molar-refractivity contribution is 5.95. The Morgan fingerprint density at radius 3 is 2.70 bits per heavy atom. The van der Waals surface area contributed by atoms with Gasteiger partial charge in [0.2, 0.25) is 5.91 Å². The minimum Gasteiger partial charge on any atom is -0.370 e. The lowest BCUT2D eigenvalue weighted by Crippen LogP contribution is -2.47. The highest BCUT2D eigenvalue weighted by atomic mass is 16.2. The van der Waals surface area contributed by atoms with Crippen molar-refractivity contribution in [2.75, 3.05) is 38.1 Å². The highest BCUT2D eigenvalue weighted by Crippen LogP contribution is 2.37. The standard InChI is InChI=1S/C24H31N5O/c1-16(2)20-14-29(15-21(20)24(30)27-18-8-11-28(3)12-9-18)22-7-6-17(13-25)23-19(22)5-4-10-26-23/h4-7,10,16,18,20-21H,8-9,11-12,14-15H2,1-3H3,(H,27,30). The number of amides is 1. The normalized spacial score (nSPS) is 23.1. The number of carbonyl (C=O) groups is 1. The van der Waals surface area contributed by atoms with Crippen LogP contribution in [0.5, 0.6) is 0 Å². The van der Waals surface area contributed by atoms with Gasteiger partial charge in [0.1, 0.15) is 6.07 Å². The maximum absolute atomic E-state index is 13.2. The summed E-state index contributed by atoms with van der Waals surface area (Å²) in [6.45, 7) is 8.06. The van der Waals surface area contributed by atoms with Gasteiger partial charge in [-0.3, -0.25) is 9.78 Å². The topological polar surface area (TPSA) is 72.3 Å². The van der Waals surface area contributed by atoms with Crippen LogP contribution in [0.4, 0.5) is 5.69 Å². The van der Waals surface area contributed by atoms with E-state index in [1.165, 1.54) is 0 Å². The van der Waals surface area contributed by atoms with Gasteiger partial charge in [-0.15, -0.1) is 0 Å². The number of fused-ring (bicyclic) bond motifs is 1. The molecule has 2 aromatic rings. The number of anilines is 1. The van der Waals surface area contributed by atoms with Crippen LogP contribution in [-0.4, -0.2) is 55.1 Å². The minimum absolute atomic E-state index is 0.0213. The van der Waals surface area contributed by atoms with E-state index in [-0.39, 0.29) is 17.9 Å². The van der Waals surface area contributed by atoms with Crippen LogP contribution in [0.15, 0.2) is 30.5 Å². The van der Waals surface area contributed by atoms with Crippen molar-refractivity contribution in [2.45, 2.75) is 32.7 Å². The van der Waals surface area contributed by atoms with Crippen LogP contribution in [0.2, 0.25) is 0 Å². The van der Waals surface area contributed by atoms with Crippen LogP contribution < -0.4 is 10.2 Å². The molecule has 0 bridgehead atoms. The maximum Gasteiger partial charge on any atom is 0.225 e. The van der Waals surface area contributed by atoms with Gasteiger partial charge in [0.25, 0.3) is 0 Å². The van der Waals surface area contributed by atoms with Gasteiger partial charge in [0, 0.05) is 36.4 Å².